The van der Waals surface area contributed by atoms with E-state index in [1.807, 2.05) is 0 Å². The second kappa shape index (κ2) is 4.90. The van der Waals surface area contributed by atoms with E-state index in [1.165, 1.54) is 6.07 Å². The molecule has 5 nitrogen and oxygen atoms in total. The van der Waals surface area contributed by atoms with E-state index in [4.69, 9.17) is 0 Å². The van der Waals surface area contributed by atoms with Crippen molar-refractivity contribution in [2.45, 2.75) is 25.8 Å². The van der Waals surface area contributed by atoms with Gasteiger partial charge in [0.2, 0.25) is 0 Å². The standard InChI is InChI=1S/C17H14F2N2O3/c1-7-14(16(22)20-9-2-3-10(18)11(19)6-9)13-5-8-4-12(8)21(13)15(7)17(23)24/h2-3,6,8,12H,4-5H2,1H3,(H,20,22)(H,23,24)/t8-,12-/m1/s1. The van der Waals surface area contributed by atoms with Crippen molar-refractivity contribution in [3.8, 4) is 0 Å². The number of rotatable bonds is 3. The van der Waals surface area contributed by atoms with Crippen LogP contribution in [0.4, 0.5) is 14.5 Å². The van der Waals surface area contributed by atoms with E-state index in [0.717, 1.165) is 18.6 Å². The predicted molar refractivity (Wildman–Crippen MR) is 81.3 cm³/mol. The smallest absolute Gasteiger partial charge is 0.352 e. The monoisotopic (exact) mass is 332 g/mol. The van der Waals surface area contributed by atoms with Crippen LogP contribution in [0.25, 0.3) is 0 Å². The van der Waals surface area contributed by atoms with Gasteiger partial charge < -0.3 is 15.0 Å². The Hall–Kier alpha value is -2.70. The number of anilines is 1. The van der Waals surface area contributed by atoms with Crippen molar-refractivity contribution in [1.82, 2.24) is 4.57 Å². The van der Waals surface area contributed by atoms with Crippen molar-refractivity contribution < 1.29 is 23.5 Å². The number of hydrogen-bond acceptors (Lipinski definition) is 2. The van der Waals surface area contributed by atoms with E-state index < -0.39 is 23.5 Å². The van der Waals surface area contributed by atoms with Crippen molar-refractivity contribution in [2.75, 3.05) is 5.32 Å². The molecular formula is C17H14F2N2O3. The molecule has 0 spiro atoms. The molecule has 2 N–H and O–H groups in total. The van der Waals surface area contributed by atoms with E-state index in [-0.39, 0.29) is 17.4 Å². The lowest BCUT2D eigenvalue weighted by Gasteiger charge is -2.08. The summed E-state index contributed by atoms with van der Waals surface area (Å²) >= 11 is 0. The summed E-state index contributed by atoms with van der Waals surface area (Å²) in [6.45, 7) is 1.60. The van der Waals surface area contributed by atoms with Gasteiger partial charge in [-0.1, -0.05) is 0 Å². The SMILES string of the molecule is Cc1c(C(=O)Nc2ccc(F)c(F)c2)c2n(c1C(=O)O)[C@@H]1C[C@@H]1C2. The number of benzene rings is 1. The van der Waals surface area contributed by atoms with Crippen LogP contribution >= 0.6 is 0 Å². The van der Waals surface area contributed by atoms with Crippen molar-refractivity contribution in [3.63, 3.8) is 0 Å². The van der Waals surface area contributed by atoms with E-state index >= 15 is 0 Å². The van der Waals surface area contributed by atoms with Crippen molar-refractivity contribution in [1.29, 1.82) is 0 Å². The van der Waals surface area contributed by atoms with Crippen molar-refractivity contribution >= 4 is 17.6 Å². The third-order valence-corrected chi connectivity index (χ3v) is 4.83. The molecule has 24 heavy (non-hydrogen) atoms. The molecule has 7 heteroatoms. The van der Waals surface area contributed by atoms with Gasteiger partial charge in [-0.3, -0.25) is 4.79 Å². The topological polar surface area (TPSA) is 71.3 Å². The Labute approximate surface area is 135 Å². The van der Waals surface area contributed by atoms with Crippen LogP contribution in [0.5, 0.6) is 0 Å². The highest BCUT2D eigenvalue weighted by atomic mass is 19.2. The first kappa shape index (κ1) is 14.9. The Morgan fingerprint density at radius 3 is 2.71 bits per heavy atom. The van der Waals surface area contributed by atoms with E-state index in [9.17, 15) is 23.5 Å². The summed E-state index contributed by atoms with van der Waals surface area (Å²) in [6.07, 6.45) is 1.60. The van der Waals surface area contributed by atoms with Gasteiger partial charge in [-0.2, -0.15) is 0 Å². The molecule has 1 aliphatic carbocycles. The number of aromatic carboxylic acids is 1. The molecule has 2 aliphatic rings. The zero-order valence-corrected chi connectivity index (χ0v) is 12.8. The molecule has 1 aromatic carbocycles. The number of nitrogens with one attached hydrogen (secondary N) is 1. The van der Waals surface area contributed by atoms with Gasteiger partial charge >= 0.3 is 5.97 Å². The van der Waals surface area contributed by atoms with Crippen LogP contribution < -0.4 is 5.32 Å². The van der Waals surface area contributed by atoms with Gasteiger partial charge in [-0.25, -0.2) is 13.6 Å². The summed E-state index contributed by atoms with van der Waals surface area (Å²) in [5, 5.41) is 12.0. The maximum absolute atomic E-state index is 13.3. The Kier molecular flexibility index (Phi) is 3.03. The van der Waals surface area contributed by atoms with Gasteiger partial charge in [0.1, 0.15) is 5.69 Å². The predicted octanol–water partition coefficient (Wildman–Crippen LogP) is 3.14. The fraction of sp³-hybridized carbons (Fsp3) is 0.294. The van der Waals surface area contributed by atoms with Crippen molar-refractivity contribution in [3.05, 3.63) is 52.3 Å². The lowest BCUT2D eigenvalue weighted by Crippen LogP contribution is -2.15. The second-order valence-corrected chi connectivity index (χ2v) is 6.32. The fourth-order valence-corrected chi connectivity index (χ4v) is 3.69. The number of carboxylic acids is 1. The summed E-state index contributed by atoms with van der Waals surface area (Å²) < 4.78 is 28.0. The van der Waals surface area contributed by atoms with Crippen LogP contribution in [-0.2, 0) is 6.42 Å². The van der Waals surface area contributed by atoms with Gasteiger partial charge in [-0.15, -0.1) is 0 Å². The number of nitrogens with zero attached hydrogens (tertiary/aromatic N) is 1. The highest BCUT2D eigenvalue weighted by Gasteiger charge is 2.49. The third-order valence-electron chi connectivity index (χ3n) is 4.83. The molecule has 2 aromatic rings. The average Bonchev–Trinajstić information content (AvgIpc) is 3.07. The highest BCUT2D eigenvalue weighted by Crippen LogP contribution is 2.54. The van der Waals surface area contributed by atoms with Crippen LogP contribution in [0.1, 0.15) is 44.6 Å². The van der Waals surface area contributed by atoms with Gasteiger partial charge in [0.05, 0.1) is 5.56 Å². The molecule has 1 saturated carbocycles. The number of amides is 1. The number of fused-ring (bicyclic) bond motifs is 3. The molecule has 1 aliphatic heterocycles. The summed E-state index contributed by atoms with van der Waals surface area (Å²) in [6, 6.07) is 3.25. The molecule has 2 heterocycles. The van der Waals surface area contributed by atoms with Gasteiger partial charge in [0, 0.05) is 23.5 Å². The highest BCUT2D eigenvalue weighted by molar-refractivity contribution is 6.08. The summed E-state index contributed by atoms with van der Waals surface area (Å²) in [4.78, 5) is 24.2. The molecule has 1 amide bonds. The molecule has 0 unspecified atom stereocenters. The van der Waals surface area contributed by atoms with E-state index in [0.29, 0.717) is 29.2 Å². The second-order valence-electron chi connectivity index (χ2n) is 6.32. The Bertz CT molecular complexity index is 904. The molecule has 0 radical (unpaired) electrons. The first-order valence-corrected chi connectivity index (χ1v) is 7.61. The quantitative estimate of drug-likeness (QED) is 0.907. The van der Waals surface area contributed by atoms with Crippen molar-refractivity contribution in [2.24, 2.45) is 5.92 Å². The molecule has 0 bridgehead atoms. The first-order chi connectivity index (χ1) is 11.4. The van der Waals surface area contributed by atoms with Gasteiger partial charge in [0.25, 0.3) is 5.91 Å². The summed E-state index contributed by atoms with van der Waals surface area (Å²) in [5.74, 6) is -3.22. The Morgan fingerprint density at radius 1 is 1.29 bits per heavy atom. The summed E-state index contributed by atoms with van der Waals surface area (Å²) in [5.41, 5.74) is 1.71. The normalized spacial score (nSPS) is 20.5. The van der Waals surface area contributed by atoms with Crippen LogP contribution in [-0.4, -0.2) is 21.6 Å². The lowest BCUT2D eigenvalue weighted by molar-refractivity contribution is 0.0684. The van der Waals surface area contributed by atoms with Gasteiger partial charge in [0.15, 0.2) is 11.6 Å². The maximum atomic E-state index is 13.3. The minimum Gasteiger partial charge on any atom is -0.477 e. The molecule has 0 saturated heterocycles. The molecule has 2 atom stereocenters. The minimum atomic E-state index is -1.06. The van der Waals surface area contributed by atoms with Crippen LogP contribution in [0.3, 0.4) is 0 Å². The fourth-order valence-electron chi connectivity index (χ4n) is 3.69. The largest absolute Gasteiger partial charge is 0.477 e. The third kappa shape index (κ3) is 2.04. The minimum absolute atomic E-state index is 0.123. The first-order valence-electron chi connectivity index (χ1n) is 7.61. The number of carbonyl (C=O) groups excluding carboxylic acids is 1. The Morgan fingerprint density at radius 2 is 2.04 bits per heavy atom. The zero-order chi connectivity index (χ0) is 17.2. The number of carboxylic acid groups (broad SMARTS) is 1. The lowest BCUT2D eigenvalue weighted by atomic mass is 10.1. The molecular weight excluding hydrogens is 318 g/mol. The maximum Gasteiger partial charge on any atom is 0.352 e. The number of aromatic nitrogens is 1. The van der Waals surface area contributed by atoms with E-state index in [2.05, 4.69) is 5.32 Å². The zero-order valence-electron chi connectivity index (χ0n) is 12.8. The van der Waals surface area contributed by atoms with Crippen LogP contribution in [0.2, 0.25) is 0 Å². The summed E-state index contributed by atoms with van der Waals surface area (Å²) in [7, 11) is 0. The molecule has 1 fully saturated rings. The van der Waals surface area contributed by atoms with Gasteiger partial charge in [-0.05, 0) is 43.4 Å². The number of carbonyl (C=O) groups is 2. The van der Waals surface area contributed by atoms with Crippen LogP contribution in [0.15, 0.2) is 18.2 Å². The average molecular weight is 332 g/mol. The molecule has 124 valence electrons. The molecule has 1 aromatic heterocycles. The number of hydrogen-bond donors (Lipinski definition) is 2. The number of halogens is 2. The van der Waals surface area contributed by atoms with E-state index in [1.54, 1.807) is 11.5 Å². The molecule has 4 rings (SSSR count). The van der Waals surface area contributed by atoms with Crippen LogP contribution in [0, 0.1) is 24.5 Å². The Balaban J connectivity index is 1.73.